The van der Waals surface area contributed by atoms with Crippen LogP contribution in [0.2, 0.25) is 0 Å². The van der Waals surface area contributed by atoms with Crippen LogP contribution in [0, 0.1) is 0 Å². The van der Waals surface area contributed by atoms with Crippen molar-refractivity contribution in [2.75, 3.05) is 12.8 Å². The zero-order valence-corrected chi connectivity index (χ0v) is 8.74. The lowest BCUT2D eigenvalue weighted by molar-refractivity contribution is 0.520. The van der Waals surface area contributed by atoms with Crippen LogP contribution in [-0.2, 0) is 9.84 Å². The van der Waals surface area contributed by atoms with Gasteiger partial charge in [0.05, 0.1) is 4.75 Å². The molecule has 1 saturated carbocycles. The van der Waals surface area contributed by atoms with Gasteiger partial charge in [0.2, 0.25) is 0 Å². The Labute approximate surface area is 74.5 Å². The maximum Gasteiger partial charge on any atom is 0.153 e. The molecule has 0 atom stereocenters. The molecule has 0 radical (unpaired) electrons. The van der Waals surface area contributed by atoms with Crippen molar-refractivity contribution in [1.29, 1.82) is 0 Å². The van der Waals surface area contributed by atoms with Crippen LogP contribution in [-0.4, -0.2) is 32.0 Å². The smallest absolute Gasteiger partial charge is 0.153 e. The molecule has 1 rings (SSSR count). The van der Waals surface area contributed by atoms with Gasteiger partial charge in [-0.15, -0.1) is 0 Å². The fraction of sp³-hybridized carbons (Fsp3) is 1.00. The van der Waals surface area contributed by atoms with Crippen molar-refractivity contribution >= 4 is 9.84 Å². The molecule has 0 unspecified atom stereocenters. The van der Waals surface area contributed by atoms with Crippen LogP contribution < -0.4 is 5.32 Å². The quantitative estimate of drug-likeness (QED) is 0.706. The van der Waals surface area contributed by atoms with Crippen LogP contribution in [0.25, 0.3) is 0 Å². The maximum atomic E-state index is 11.2. The molecule has 0 aliphatic heterocycles. The van der Waals surface area contributed by atoms with E-state index in [-0.39, 0.29) is 0 Å². The molecular formula is C8H17NO2S. The summed E-state index contributed by atoms with van der Waals surface area (Å²) in [5.74, 6) is 0. The molecule has 1 fully saturated rings. The molecule has 1 aliphatic carbocycles. The molecular weight excluding hydrogens is 174 g/mol. The van der Waals surface area contributed by atoms with Crippen LogP contribution in [0.15, 0.2) is 0 Å². The van der Waals surface area contributed by atoms with Crippen LogP contribution in [0.1, 0.15) is 26.7 Å². The van der Waals surface area contributed by atoms with E-state index in [9.17, 15) is 8.42 Å². The largest absolute Gasteiger partial charge is 0.312 e. The summed E-state index contributed by atoms with van der Waals surface area (Å²) in [6.45, 7) is 4.09. The predicted octanol–water partition coefficient (Wildman–Crippen LogP) is 0.562. The lowest BCUT2D eigenvalue weighted by atomic mass is 10.2. The van der Waals surface area contributed by atoms with Crippen LogP contribution in [0.3, 0.4) is 0 Å². The Kier molecular flexibility index (Phi) is 2.50. The number of rotatable bonds is 4. The third-order valence-electron chi connectivity index (χ3n) is 2.40. The Hall–Kier alpha value is -0.0900. The van der Waals surface area contributed by atoms with E-state index in [1.54, 1.807) is 13.8 Å². The van der Waals surface area contributed by atoms with Crippen molar-refractivity contribution in [3.05, 3.63) is 0 Å². The van der Waals surface area contributed by atoms with Gasteiger partial charge in [-0.3, -0.25) is 0 Å². The zero-order valence-electron chi connectivity index (χ0n) is 7.92. The predicted molar refractivity (Wildman–Crippen MR) is 49.9 cm³/mol. The summed E-state index contributed by atoms with van der Waals surface area (Å²) in [7, 11) is -2.93. The number of sulfone groups is 1. The zero-order chi connectivity index (χ0) is 9.41. The molecule has 0 spiro atoms. The lowest BCUT2D eigenvalue weighted by Crippen LogP contribution is -2.42. The maximum absolute atomic E-state index is 11.2. The minimum absolute atomic E-state index is 0.566. The van der Waals surface area contributed by atoms with Gasteiger partial charge in [-0.25, -0.2) is 8.42 Å². The molecule has 0 heterocycles. The van der Waals surface area contributed by atoms with E-state index in [1.807, 2.05) is 0 Å². The Morgan fingerprint density at radius 2 is 1.92 bits per heavy atom. The molecule has 0 aromatic rings. The van der Waals surface area contributed by atoms with E-state index in [2.05, 4.69) is 5.32 Å². The standard InChI is InChI=1S/C8H17NO2S/c1-8(2,12(3,10)11)6-9-7-4-5-7/h7,9H,4-6H2,1-3H3. The molecule has 4 heteroatoms. The average molecular weight is 191 g/mol. The van der Waals surface area contributed by atoms with Crippen molar-refractivity contribution < 1.29 is 8.42 Å². The molecule has 12 heavy (non-hydrogen) atoms. The summed E-state index contributed by atoms with van der Waals surface area (Å²) in [5.41, 5.74) is 0. The monoisotopic (exact) mass is 191 g/mol. The number of nitrogens with one attached hydrogen (secondary N) is 1. The topological polar surface area (TPSA) is 46.2 Å². The van der Waals surface area contributed by atoms with Crippen molar-refractivity contribution in [1.82, 2.24) is 5.32 Å². The minimum Gasteiger partial charge on any atom is -0.312 e. The average Bonchev–Trinajstić information content (AvgIpc) is 2.62. The second-order valence-corrected chi connectivity index (χ2v) is 6.84. The molecule has 0 bridgehead atoms. The second kappa shape index (κ2) is 3.00. The first-order valence-corrected chi connectivity index (χ1v) is 6.15. The van der Waals surface area contributed by atoms with E-state index in [0.717, 1.165) is 0 Å². The van der Waals surface area contributed by atoms with Gasteiger partial charge in [0.1, 0.15) is 0 Å². The van der Waals surface area contributed by atoms with Crippen LogP contribution >= 0.6 is 0 Å². The first-order valence-electron chi connectivity index (χ1n) is 4.26. The first kappa shape index (κ1) is 9.99. The van der Waals surface area contributed by atoms with Gasteiger partial charge < -0.3 is 5.32 Å². The van der Waals surface area contributed by atoms with Crippen molar-refractivity contribution in [3.8, 4) is 0 Å². The Morgan fingerprint density at radius 3 is 2.25 bits per heavy atom. The van der Waals surface area contributed by atoms with Gasteiger partial charge >= 0.3 is 0 Å². The SMILES string of the molecule is CC(C)(CNC1CC1)S(C)(=O)=O. The molecule has 72 valence electrons. The molecule has 0 saturated heterocycles. The fourth-order valence-electron chi connectivity index (χ4n) is 0.809. The summed E-state index contributed by atoms with van der Waals surface area (Å²) in [6, 6.07) is 0.575. The highest BCUT2D eigenvalue weighted by atomic mass is 32.2. The molecule has 1 aliphatic rings. The van der Waals surface area contributed by atoms with Gasteiger partial charge in [0.25, 0.3) is 0 Å². The number of hydrogen-bond acceptors (Lipinski definition) is 3. The third-order valence-corrected chi connectivity index (χ3v) is 4.55. The molecule has 0 amide bonds. The third kappa shape index (κ3) is 2.45. The normalized spacial score (nSPS) is 19.6. The van der Waals surface area contributed by atoms with Crippen molar-refractivity contribution in [2.24, 2.45) is 0 Å². The molecule has 3 nitrogen and oxygen atoms in total. The highest BCUT2D eigenvalue weighted by molar-refractivity contribution is 7.92. The molecule has 0 aromatic heterocycles. The first-order chi connectivity index (χ1) is 5.33. The van der Waals surface area contributed by atoms with Crippen molar-refractivity contribution in [2.45, 2.75) is 37.5 Å². The lowest BCUT2D eigenvalue weighted by Gasteiger charge is -2.22. The Bertz CT molecular complexity index is 252. The summed E-state index contributed by atoms with van der Waals surface area (Å²) in [6.07, 6.45) is 3.68. The summed E-state index contributed by atoms with van der Waals surface area (Å²) in [5, 5.41) is 3.22. The molecule has 0 aromatic carbocycles. The minimum atomic E-state index is -2.93. The van der Waals surface area contributed by atoms with Gasteiger partial charge in [0.15, 0.2) is 9.84 Å². The Balaban J connectivity index is 2.46. The Morgan fingerprint density at radius 1 is 1.42 bits per heavy atom. The van der Waals surface area contributed by atoms with Gasteiger partial charge in [-0.1, -0.05) is 0 Å². The van der Waals surface area contributed by atoms with Crippen LogP contribution in [0.5, 0.6) is 0 Å². The van der Waals surface area contributed by atoms with Gasteiger partial charge in [-0.05, 0) is 26.7 Å². The highest BCUT2D eigenvalue weighted by Gasteiger charge is 2.32. The molecule has 1 N–H and O–H groups in total. The second-order valence-electron chi connectivity index (χ2n) is 4.19. The highest BCUT2D eigenvalue weighted by Crippen LogP contribution is 2.21. The van der Waals surface area contributed by atoms with Gasteiger partial charge in [-0.2, -0.15) is 0 Å². The summed E-state index contributed by atoms with van der Waals surface area (Å²) >= 11 is 0. The van der Waals surface area contributed by atoms with E-state index < -0.39 is 14.6 Å². The summed E-state index contributed by atoms with van der Waals surface area (Å²) < 4.78 is 21.9. The van der Waals surface area contributed by atoms with E-state index in [1.165, 1.54) is 19.1 Å². The van der Waals surface area contributed by atoms with Gasteiger partial charge in [0, 0.05) is 18.8 Å². The van der Waals surface area contributed by atoms with Crippen molar-refractivity contribution in [3.63, 3.8) is 0 Å². The van der Waals surface area contributed by atoms with E-state index >= 15 is 0 Å². The van der Waals surface area contributed by atoms with Crippen LogP contribution in [0.4, 0.5) is 0 Å². The van der Waals surface area contributed by atoms with E-state index in [0.29, 0.717) is 12.6 Å². The summed E-state index contributed by atoms with van der Waals surface area (Å²) in [4.78, 5) is 0. The van der Waals surface area contributed by atoms with E-state index in [4.69, 9.17) is 0 Å². The number of hydrogen-bond donors (Lipinski definition) is 1. The fourth-order valence-corrected chi connectivity index (χ4v) is 1.15.